The largest absolute Gasteiger partial charge is 0.480 e. The summed E-state index contributed by atoms with van der Waals surface area (Å²) in [5.74, 6) is -0.445. The van der Waals surface area contributed by atoms with E-state index in [0.29, 0.717) is 23.9 Å². The van der Waals surface area contributed by atoms with Gasteiger partial charge in [0.1, 0.15) is 6.04 Å². The second kappa shape index (κ2) is 7.77. The van der Waals surface area contributed by atoms with Crippen molar-refractivity contribution in [1.82, 2.24) is 5.32 Å². The monoisotopic (exact) mass is 337 g/mol. The van der Waals surface area contributed by atoms with Crippen molar-refractivity contribution in [2.24, 2.45) is 5.92 Å². The molecule has 0 aliphatic heterocycles. The number of carboxylic acid groups (broad SMARTS) is 1. The van der Waals surface area contributed by atoms with E-state index in [4.69, 9.17) is 11.6 Å². The van der Waals surface area contributed by atoms with Crippen LogP contribution in [0.5, 0.6) is 0 Å². The molecule has 22 heavy (non-hydrogen) atoms. The number of rotatable bonds is 7. The van der Waals surface area contributed by atoms with Gasteiger partial charge in [-0.25, -0.2) is 0 Å². The molecule has 2 N–H and O–H groups in total. The van der Waals surface area contributed by atoms with Gasteiger partial charge in [-0.05, 0) is 42.2 Å². The fourth-order valence-corrected chi connectivity index (χ4v) is 3.38. The third-order valence-electron chi connectivity index (χ3n) is 3.30. The Balaban J connectivity index is 2.01. The van der Waals surface area contributed by atoms with Gasteiger partial charge in [-0.15, -0.1) is 11.3 Å². The molecule has 0 saturated carbocycles. The Hall–Kier alpha value is -1.36. The van der Waals surface area contributed by atoms with E-state index in [9.17, 15) is 9.90 Å². The molecule has 0 unspecified atom stereocenters. The molecule has 2 aromatic rings. The van der Waals surface area contributed by atoms with Crippen molar-refractivity contribution < 1.29 is 9.90 Å². The predicted octanol–water partition coefficient (Wildman–Crippen LogP) is 4.66. The first-order chi connectivity index (χ1) is 10.5. The lowest BCUT2D eigenvalue weighted by Gasteiger charge is -2.15. The summed E-state index contributed by atoms with van der Waals surface area (Å²) >= 11 is 7.67. The second-order valence-electron chi connectivity index (χ2n) is 5.68. The van der Waals surface area contributed by atoms with Gasteiger partial charge in [0.2, 0.25) is 0 Å². The summed E-state index contributed by atoms with van der Waals surface area (Å²) in [6.45, 7) is 4.62. The molecule has 0 aliphatic carbocycles. The number of benzene rings is 1. The molecule has 0 aliphatic rings. The van der Waals surface area contributed by atoms with Gasteiger partial charge in [0.25, 0.3) is 0 Å². The van der Waals surface area contributed by atoms with E-state index >= 15 is 0 Å². The van der Waals surface area contributed by atoms with Crippen LogP contribution < -0.4 is 5.32 Å². The average molecular weight is 338 g/mol. The minimum atomic E-state index is -0.791. The molecule has 0 spiro atoms. The minimum absolute atomic E-state index is 0.346. The van der Waals surface area contributed by atoms with Gasteiger partial charge >= 0.3 is 5.97 Å². The first-order valence-corrected chi connectivity index (χ1v) is 8.46. The zero-order valence-electron chi connectivity index (χ0n) is 12.7. The van der Waals surface area contributed by atoms with Gasteiger partial charge in [-0.2, -0.15) is 0 Å². The minimum Gasteiger partial charge on any atom is -0.480 e. The summed E-state index contributed by atoms with van der Waals surface area (Å²) in [5.41, 5.74) is 1.08. The Bertz CT molecular complexity index is 639. The molecular weight excluding hydrogens is 318 g/mol. The van der Waals surface area contributed by atoms with Crippen molar-refractivity contribution >= 4 is 28.9 Å². The van der Waals surface area contributed by atoms with Crippen molar-refractivity contribution in [1.29, 1.82) is 0 Å². The summed E-state index contributed by atoms with van der Waals surface area (Å²) in [7, 11) is 0. The highest BCUT2D eigenvalue weighted by Gasteiger charge is 2.18. The normalized spacial score (nSPS) is 12.5. The van der Waals surface area contributed by atoms with Gasteiger partial charge in [-0.1, -0.05) is 37.6 Å². The summed E-state index contributed by atoms with van der Waals surface area (Å²) in [6, 6.07) is 11.3. The van der Waals surface area contributed by atoms with Crippen LogP contribution in [0.25, 0.3) is 10.4 Å². The number of thiophene rings is 1. The van der Waals surface area contributed by atoms with Crippen LogP contribution in [0.3, 0.4) is 0 Å². The Morgan fingerprint density at radius 3 is 2.73 bits per heavy atom. The van der Waals surface area contributed by atoms with Crippen molar-refractivity contribution in [3.05, 3.63) is 46.3 Å². The Morgan fingerprint density at radius 1 is 1.32 bits per heavy atom. The van der Waals surface area contributed by atoms with Crippen molar-refractivity contribution in [2.75, 3.05) is 0 Å². The molecule has 1 heterocycles. The SMILES string of the molecule is CC(C)C[C@H](NCc1ccc(-c2cccc(Cl)c2)s1)C(=O)O. The van der Waals surface area contributed by atoms with Gasteiger partial charge < -0.3 is 5.11 Å². The zero-order valence-corrected chi connectivity index (χ0v) is 14.2. The number of hydrogen-bond acceptors (Lipinski definition) is 3. The lowest BCUT2D eigenvalue weighted by atomic mass is 10.0. The predicted molar refractivity (Wildman–Crippen MR) is 92.5 cm³/mol. The van der Waals surface area contributed by atoms with Gasteiger partial charge in [0.05, 0.1) is 0 Å². The standard InChI is InChI=1S/C17H20ClNO2S/c1-11(2)8-15(17(20)21)19-10-14-6-7-16(22-14)12-4-3-5-13(18)9-12/h3-7,9,11,15,19H,8,10H2,1-2H3,(H,20,21)/t15-/m0/s1. The van der Waals surface area contributed by atoms with E-state index in [1.54, 1.807) is 11.3 Å². The first kappa shape index (κ1) is 17.0. The summed E-state index contributed by atoms with van der Waals surface area (Å²) < 4.78 is 0. The van der Waals surface area contributed by atoms with Crippen LogP contribution in [0.4, 0.5) is 0 Å². The Labute approximate surface area is 139 Å². The molecule has 0 radical (unpaired) electrons. The quantitative estimate of drug-likeness (QED) is 0.772. The molecule has 118 valence electrons. The lowest BCUT2D eigenvalue weighted by molar-refractivity contribution is -0.140. The summed E-state index contributed by atoms with van der Waals surface area (Å²) in [6.07, 6.45) is 0.627. The molecule has 1 atom stereocenters. The van der Waals surface area contributed by atoms with Crippen molar-refractivity contribution in [3.63, 3.8) is 0 Å². The maximum atomic E-state index is 11.2. The highest BCUT2D eigenvalue weighted by Crippen LogP contribution is 2.29. The van der Waals surface area contributed by atoms with E-state index < -0.39 is 12.0 Å². The smallest absolute Gasteiger partial charge is 0.320 e. The van der Waals surface area contributed by atoms with Gasteiger partial charge in [0.15, 0.2) is 0 Å². The number of nitrogens with one attached hydrogen (secondary N) is 1. The van der Waals surface area contributed by atoms with Crippen LogP contribution >= 0.6 is 22.9 Å². The summed E-state index contributed by atoms with van der Waals surface area (Å²) in [4.78, 5) is 13.5. The molecule has 1 aromatic carbocycles. The molecule has 0 fully saturated rings. The molecule has 1 aromatic heterocycles. The van der Waals surface area contributed by atoms with Gasteiger partial charge in [-0.3, -0.25) is 10.1 Å². The molecule has 3 nitrogen and oxygen atoms in total. The third kappa shape index (κ3) is 4.83. The topological polar surface area (TPSA) is 49.3 Å². The van der Waals surface area contributed by atoms with Crippen LogP contribution in [0.1, 0.15) is 25.1 Å². The third-order valence-corrected chi connectivity index (χ3v) is 4.67. The molecule has 0 amide bonds. The van der Waals surface area contributed by atoms with E-state index in [-0.39, 0.29) is 0 Å². The van der Waals surface area contributed by atoms with Crippen molar-refractivity contribution in [3.8, 4) is 10.4 Å². The van der Waals surface area contributed by atoms with Crippen LogP contribution in [-0.2, 0) is 11.3 Å². The molecule has 0 bridgehead atoms. The van der Waals surface area contributed by atoms with E-state index in [0.717, 1.165) is 15.3 Å². The number of hydrogen-bond donors (Lipinski definition) is 2. The zero-order chi connectivity index (χ0) is 16.1. The number of halogens is 1. The highest BCUT2D eigenvalue weighted by atomic mass is 35.5. The van der Waals surface area contributed by atoms with Gasteiger partial charge in [0, 0.05) is 21.3 Å². The number of aliphatic carboxylic acids is 1. The maximum Gasteiger partial charge on any atom is 0.320 e. The van der Waals surface area contributed by atoms with E-state index in [1.165, 1.54) is 0 Å². The lowest BCUT2D eigenvalue weighted by Crippen LogP contribution is -2.37. The van der Waals surface area contributed by atoms with Crippen LogP contribution in [0, 0.1) is 5.92 Å². The van der Waals surface area contributed by atoms with E-state index in [1.807, 2.05) is 50.2 Å². The Kier molecular flexibility index (Phi) is 6.00. The van der Waals surface area contributed by atoms with Crippen LogP contribution in [0.2, 0.25) is 5.02 Å². The first-order valence-electron chi connectivity index (χ1n) is 7.26. The molecule has 0 saturated heterocycles. The maximum absolute atomic E-state index is 11.2. The molecule has 5 heteroatoms. The highest BCUT2D eigenvalue weighted by molar-refractivity contribution is 7.15. The number of carboxylic acids is 1. The van der Waals surface area contributed by atoms with Crippen LogP contribution in [-0.4, -0.2) is 17.1 Å². The van der Waals surface area contributed by atoms with Crippen molar-refractivity contribution in [2.45, 2.75) is 32.9 Å². The van der Waals surface area contributed by atoms with E-state index in [2.05, 4.69) is 5.32 Å². The average Bonchev–Trinajstić information content (AvgIpc) is 2.91. The van der Waals surface area contributed by atoms with Crippen LogP contribution in [0.15, 0.2) is 36.4 Å². The number of carbonyl (C=O) groups is 1. The second-order valence-corrected chi connectivity index (χ2v) is 7.28. The molecular formula is C17H20ClNO2S. The summed E-state index contributed by atoms with van der Waals surface area (Å²) in [5, 5.41) is 13.1. The fraction of sp³-hybridized carbons (Fsp3) is 0.353. The fourth-order valence-electron chi connectivity index (χ4n) is 2.24. The molecule has 2 rings (SSSR count). The Morgan fingerprint density at radius 2 is 2.09 bits per heavy atom.